The van der Waals surface area contributed by atoms with Gasteiger partial charge in [0.1, 0.15) is 6.04 Å². The number of rotatable bonds is 7. The van der Waals surface area contributed by atoms with E-state index in [0.29, 0.717) is 4.31 Å². The summed E-state index contributed by atoms with van der Waals surface area (Å²) in [5.74, 6) is -2.45. The molecule has 0 aromatic heterocycles. The number of hydrogen-bond acceptors (Lipinski definition) is 4. The molecule has 0 aliphatic heterocycles. The lowest BCUT2D eigenvalue weighted by molar-refractivity contribution is -0.143. The Morgan fingerprint density at radius 3 is 2.06 bits per heavy atom. The average molecular weight is 253 g/mol. The highest BCUT2D eigenvalue weighted by atomic mass is 32.2. The molecule has 7 nitrogen and oxygen atoms in total. The summed E-state index contributed by atoms with van der Waals surface area (Å²) in [7, 11) is -3.73. The van der Waals surface area contributed by atoms with E-state index in [0.717, 1.165) is 6.26 Å². The number of carboxylic acids is 2. The van der Waals surface area contributed by atoms with Crippen molar-refractivity contribution in [2.75, 3.05) is 12.8 Å². The average Bonchev–Trinajstić information content (AvgIpc) is 2.08. The molecule has 1 unspecified atom stereocenters. The Kier molecular flexibility index (Phi) is 5.39. The first-order valence-corrected chi connectivity index (χ1v) is 6.46. The normalized spacial score (nSPS) is 13.7. The van der Waals surface area contributed by atoms with Gasteiger partial charge in [-0.2, -0.15) is 4.31 Å². The van der Waals surface area contributed by atoms with E-state index in [9.17, 15) is 18.0 Å². The van der Waals surface area contributed by atoms with Crippen LogP contribution in [0.15, 0.2) is 0 Å². The Balaban J connectivity index is 4.93. The second-order valence-electron chi connectivity index (χ2n) is 3.28. The zero-order valence-electron chi connectivity index (χ0n) is 9.08. The SMILES string of the molecule is CCC(C(=O)O)N(CCC(=O)O)S(C)(=O)=O. The van der Waals surface area contributed by atoms with Crippen molar-refractivity contribution in [1.29, 1.82) is 0 Å². The van der Waals surface area contributed by atoms with E-state index in [1.54, 1.807) is 0 Å². The van der Waals surface area contributed by atoms with Gasteiger partial charge >= 0.3 is 11.9 Å². The summed E-state index contributed by atoms with van der Waals surface area (Å²) >= 11 is 0. The lowest BCUT2D eigenvalue weighted by atomic mass is 10.2. The molecule has 0 radical (unpaired) electrons. The Labute approximate surface area is 93.7 Å². The number of hydrogen-bond donors (Lipinski definition) is 2. The van der Waals surface area contributed by atoms with Gasteiger partial charge in [0, 0.05) is 6.54 Å². The van der Waals surface area contributed by atoms with Gasteiger partial charge in [-0.15, -0.1) is 0 Å². The fourth-order valence-electron chi connectivity index (χ4n) is 1.26. The predicted octanol–water partition coefficient (Wildman–Crippen LogP) is -0.414. The molecule has 0 fully saturated rings. The van der Waals surface area contributed by atoms with Gasteiger partial charge in [0.05, 0.1) is 12.7 Å². The van der Waals surface area contributed by atoms with Crippen LogP contribution in [0, 0.1) is 0 Å². The monoisotopic (exact) mass is 253 g/mol. The molecule has 0 aliphatic rings. The molecule has 0 amide bonds. The number of nitrogens with zero attached hydrogens (tertiary/aromatic N) is 1. The van der Waals surface area contributed by atoms with Crippen molar-refractivity contribution in [2.24, 2.45) is 0 Å². The van der Waals surface area contributed by atoms with Crippen molar-refractivity contribution in [2.45, 2.75) is 25.8 Å². The quantitative estimate of drug-likeness (QED) is 0.637. The molecule has 0 bridgehead atoms. The van der Waals surface area contributed by atoms with Crippen LogP contribution in [0.1, 0.15) is 19.8 Å². The molecule has 16 heavy (non-hydrogen) atoms. The minimum absolute atomic E-state index is 0.0853. The number of aliphatic carboxylic acids is 2. The standard InChI is InChI=1S/C8H15NO6S/c1-3-6(8(12)13)9(16(2,14)15)5-4-7(10)11/h6H,3-5H2,1-2H3,(H,10,11)(H,12,13). The smallest absolute Gasteiger partial charge is 0.321 e. The van der Waals surface area contributed by atoms with Crippen molar-refractivity contribution in [3.05, 3.63) is 0 Å². The third-order valence-corrected chi connectivity index (χ3v) is 3.28. The molecular weight excluding hydrogens is 238 g/mol. The van der Waals surface area contributed by atoms with Gasteiger partial charge < -0.3 is 10.2 Å². The number of carboxylic acid groups (broad SMARTS) is 2. The summed E-state index contributed by atoms with van der Waals surface area (Å²) in [6.45, 7) is 1.19. The summed E-state index contributed by atoms with van der Waals surface area (Å²) in [5.41, 5.74) is 0. The highest BCUT2D eigenvalue weighted by molar-refractivity contribution is 7.88. The van der Waals surface area contributed by atoms with Gasteiger partial charge in [-0.25, -0.2) is 8.42 Å². The van der Waals surface area contributed by atoms with Gasteiger partial charge in [0.15, 0.2) is 0 Å². The van der Waals surface area contributed by atoms with Crippen LogP contribution in [0.3, 0.4) is 0 Å². The first-order chi connectivity index (χ1) is 7.20. The maximum Gasteiger partial charge on any atom is 0.321 e. The fourth-order valence-corrected chi connectivity index (χ4v) is 2.38. The molecule has 0 aromatic rings. The van der Waals surface area contributed by atoms with Gasteiger partial charge in [0.2, 0.25) is 10.0 Å². The van der Waals surface area contributed by atoms with E-state index >= 15 is 0 Å². The third kappa shape index (κ3) is 4.58. The first-order valence-electron chi connectivity index (χ1n) is 4.61. The highest BCUT2D eigenvalue weighted by Crippen LogP contribution is 2.10. The van der Waals surface area contributed by atoms with Crippen LogP contribution in [-0.4, -0.2) is 53.7 Å². The maximum absolute atomic E-state index is 11.3. The van der Waals surface area contributed by atoms with Crippen LogP contribution in [0.4, 0.5) is 0 Å². The summed E-state index contributed by atoms with van der Waals surface area (Å²) < 4.78 is 23.3. The van der Waals surface area contributed by atoms with Crippen LogP contribution in [0.25, 0.3) is 0 Å². The fraction of sp³-hybridized carbons (Fsp3) is 0.750. The van der Waals surface area contributed by atoms with Gasteiger partial charge in [0.25, 0.3) is 0 Å². The molecule has 0 aromatic carbocycles. The van der Waals surface area contributed by atoms with Crippen molar-refractivity contribution in [1.82, 2.24) is 4.31 Å². The first kappa shape index (κ1) is 14.8. The maximum atomic E-state index is 11.3. The molecule has 0 aliphatic carbocycles. The molecule has 0 spiro atoms. The highest BCUT2D eigenvalue weighted by Gasteiger charge is 2.30. The van der Waals surface area contributed by atoms with Crippen LogP contribution < -0.4 is 0 Å². The van der Waals surface area contributed by atoms with E-state index in [2.05, 4.69) is 0 Å². The van der Waals surface area contributed by atoms with E-state index < -0.39 is 34.4 Å². The molecule has 0 saturated heterocycles. The topological polar surface area (TPSA) is 112 Å². The molecule has 0 rings (SSSR count). The number of carbonyl (C=O) groups is 2. The third-order valence-electron chi connectivity index (χ3n) is 1.99. The molecule has 0 heterocycles. The molecule has 8 heteroatoms. The second kappa shape index (κ2) is 5.80. The van der Waals surface area contributed by atoms with Crippen LogP contribution in [0.5, 0.6) is 0 Å². The molecule has 1 atom stereocenters. The summed E-state index contributed by atoms with van der Waals surface area (Å²) in [4.78, 5) is 21.2. The molecular formula is C8H15NO6S. The van der Waals surface area contributed by atoms with E-state index in [-0.39, 0.29) is 13.0 Å². The zero-order chi connectivity index (χ0) is 12.9. The Morgan fingerprint density at radius 1 is 1.31 bits per heavy atom. The van der Waals surface area contributed by atoms with Gasteiger partial charge in [-0.05, 0) is 6.42 Å². The molecule has 0 saturated carbocycles. The predicted molar refractivity (Wildman–Crippen MR) is 55.5 cm³/mol. The minimum atomic E-state index is -3.73. The van der Waals surface area contributed by atoms with Gasteiger partial charge in [-0.1, -0.05) is 6.92 Å². The van der Waals surface area contributed by atoms with E-state index in [1.165, 1.54) is 6.92 Å². The van der Waals surface area contributed by atoms with Crippen molar-refractivity contribution >= 4 is 22.0 Å². The summed E-state index contributed by atoms with van der Waals surface area (Å²) in [5, 5.41) is 17.3. The molecule has 2 N–H and O–H groups in total. The summed E-state index contributed by atoms with van der Waals surface area (Å²) in [6, 6.07) is -1.21. The van der Waals surface area contributed by atoms with Crippen molar-refractivity contribution < 1.29 is 28.2 Å². The van der Waals surface area contributed by atoms with E-state index in [1.807, 2.05) is 0 Å². The Hall–Kier alpha value is -1.15. The van der Waals surface area contributed by atoms with Crippen molar-refractivity contribution in [3.63, 3.8) is 0 Å². The minimum Gasteiger partial charge on any atom is -0.481 e. The largest absolute Gasteiger partial charge is 0.481 e. The van der Waals surface area contributed by atoms with Crippen LogP contribution in [0.2, 0.25) is 0 Å². The lowest BCUT2D eigenvalue weighted by Gasteiger charge is -2.24. The van der Waals surface area contributed by atoms with Crippen LogP contribution in [-0.2, 0) is 19.6 Å². The zero-order valence-corrected chi connectivity index (χ0v) is 9.90. The Bertz CT molecular complexity index is 363. The van der Waals surface area contributed by atoms with Gasteiger partial charge in [-0.3, -0.25) is 9.59 Å². The lowest BCUT2D eigenvalue weighted by Crippen LogP contribution is -2.45. The van der Waals surface area contributed by atoms with E-state index in [4.69, 9.17) is 10.2 Å². The summed E-state index contributed by atoms with van der Waals surface area (Å²) in [6.07, 6.45) is 0.527. The number of sulfonamides is 1. The molecule has 94 valence electrons. The van der Waals surface area contributed by atoms with Crippen LogP contribution >= 0.6 is 0 Å². The van der Waals surface area contributed by atoms with Crippen molar-refractivity contribution in [3.8, 4) is 0 Å². The second-order valence-corrected chi connectivity index (χ2v) is 5.21. The Morgan fingerprint density at radius 2 is 1.81 bits per heavy atom.